The van der Waals surface area contributed by atoms with Gasteiger partial charge in [-0.2, -0.15) is 0 Å². The van der Waals surface area contributed by atoms with E-state index in [4.69, 9.17) is 4.74 Å². The third-order valence-electron chi connectivity index (χ3n) is 5.96. The van der Waals surface area contributed by atoms with Gasteiger partial charge in [0.25, 0.3) is 6.43 Å². The Labute approximate surface area is 201 Å². The molecule has 5 rings (SSSR count). The number of benzene rings is 3. The molecule has 5 nitrogen and oxygen atoms in total. The zero-order chi connectivity index (χ0) is 23.1. The quantitative estimate of drug-likeness (QED) is 0.368. The normalized spacial score (nSPS) is 15.5. The van der Waals surface area contributed by atoms with E-state index in [9.17, 15) is 13.0 Å². The van der Waals surface area contributed by atoms with Crippen molar-refractivity contribution in [3.05, 3.63) is 64.8 Å². The van der Waals surface area contributed by atoms with Crippen LogP contribution in [0.2, 0.25) is 0 Å². The van der Waals surface area contributed by atoms with Gasteiger partial charge < -0.3 is 15.0 Å². The Balaban J connectivity index is 1.74. The van der Waals surface area contributed by atoms with Gasteiger partial charge in [0.1, 0.15) is 5.75 Å². The lowest BCUT2D eigenvalue weighted by Gasteiger charge is -2.31. The molecule has 172 valence electrons. The van der Waals surface area contributed by atoms with Crippen molar-refractivity contribution in [2.24, 2.45) is 0 Å². The van der Waals surface area contributed by atoms with Crippen molar-refractivity contribution in [3.8, 4) is 5.75 Å². The number of fused-ring (bicyclic) bond motifs is 2. The Bertz CT molecular complexity index is 1370. The zero-order valence-corrected chi connectivity index (χ0v) is 20.3. The fourth-order valence-corrected chi connectivity index (χ4v) is 6.11. The Morgan fingerprint density at radius 1 is 1.06 bits per heavy atom. The lowest BCUT2D eigenvalue weighted by Crippen LogP contribution is -2.43. The maximum atomic E-state index is 14.0. The van der Waals surface area contributed by atoms with Crippen molar-refractivity contribution < 1.29 is 17.7 Å². The average molecular weight is 534 g/mol. The molecule has 0 amide bonds. The van der Waals surface area contributed by atoms with Crippen LogP contribution in [0.3, 0.4) is 0 Å². The molecule has 1 N–H and O–H groups in total. The lowest BCUT2D eigenvalue weighted by atomic mass is 10.1. The number of nitrogens with one attached hydrogen (secondary N) is 1. The van der Waals surface area contributed by atoms with Crippen LogP contribution in [-0.2, 0) is 11.0 Å². The van der Waals surface area contributed by atoms with E-state index in [0.717, 1.165) is 48.4 Å². The van der Waals surface area contributed by atoms with E-state index in [-0.39, 0.29) is 5.56 Å². The molecule has 1 aliphatic rings. The van der Waals surface area contributed by atoms with Crippen molar-refractivity contribution >= 4 is 54.3 Å². The Morgan fingerprint density at radius 2 is 1.79 bits per heavy atom. The van der Waals surface area contributed by atoms with Gasteiger partial charge in [0, 0.05) is 58.6 Å². The summed E-state index contributed by atoms with van der Waals surface area (Å²) in [6, 6.07) is 14.6. The number of halogens is 3. The second kappa shape index (κ2) is 9.04. The summed E-state index contributed by atoms with van der Waals surface area (Å²) in [5, 5.41) is 5.33. The highest BCUT2D eigenvalue weighted by Crippen LogP contribution is 2.41. The van der Waals surface area contributed by atoms with E-state index in [1.54, 1.807) is 25.3 Å². The molecular formula is C24H22BrF2N3O2S. The fraction of sp³-hybridized carbons (Fsp3) is 0.250. The molecule has 1 aliphatic heterocycles. The number of hydrogen-bond donors (Lipinski definition) is 1. The standard InChI is InChI=1S/C24H22BrF2N3O2S/c1-32-23-17-5-3-2-4-16(17)22(13-21(23)29-10-8-28-9-11-29)33(31)30-14-19(24(26)27)18-12-15(25)6-7-20(18)30/h2-7,12-14,24,28H,8-11H2,1H3. The molecule has 33 heavy (non-hydrogen) atoms. The van der Waals surface area contributed by atoms with Crippen LogP contribution in [0.15, 0.2) is 64.1 Å². The monoisotopic (exact) mass is 533 g/mol. The minimum absolute atomic E-state index is 0.139. The van der Waals surface area contributed by atoms with Gasteiger partial charge in [0.05, 0.1) is 23.2 Å². The lowest BCUT2D eigenvalue weighted by molar-refractivity contribution is 0.153. The van der Waals surface area contributed by atoms with Crippen molar-refractivity contribution in [3.63, 3.8) is 0 Å². The molecule has 1 aromatic heterocycles. The third-order valence-corrected chi connectivity index (χ3v) is 7.83. The summed E-state index contributed by atoms with van der Waals surface area (Å²) in [7, 11) is -0.118. The molecule has 9 heteroatoms. The van der Waals surface area contributed by atoms with Crippen molar-refractivity contribution in [1.82, 2.24) is 9.29 Å². The Morgan fingerprint density at radius 3 is 2.48 bits per heavy atom. The second-order valence-electron chi connectivity index (χ2n) is 7.83. The minimum atomic E-state index is -2.68. The summed E-state index contributed by atoms with van der Waals surface area (Å²) in [5.74, 6) is 0.725. The smallest absolute Gasteiger partial charge is 0.265 e. The molecule has 4 aromatic rings. The number of piperazine rings is 1. The topological polar surface area (TPSA) is 46.5 Å². The largest absolute Gasteiger partial charge is 0.494 e. The van der Waals surface area contributed by atoms with E-state index in [2.05, 4.69) is 26.1 Å². The molecule has 1 saturated heterocycles. The molecule has 2 heterocycles. The number of alkyl halides is 2. The Kier molecular flexibility index (Phi) is 6.11. The summed E-state index contributed by atoms with van der Waals surface area (Å²) in [6.07, 6.45) is -1.37. The van der Waals surface area contributed by atoms with E-state index in [0.29, 0.717) is 20.3 Å². The van der Waals surface area contributed by atoms with E-state index >= 15 is 0 Å². The van der Waals surface area contributed by atoms with Crippen LogP contribution >= 0.6 is 15.9 Å². The predicted octanol–water partition coefficient (Wildman–Crippen LogP) is 5.48. The van der Waals surface area contributed by atoms with Gasteiger partial charge in [-0.1, -0.05) is 40.2 Å². The molecule has 0 radical (unpaired) electrons. The maximum absolute atomic E-state index is 14.0. The van der Waals surface area contributed by atoms with E-state index in [1.807, 2.05) is 30.3 Å². The SMILES string of the molecule is COc1c(N2CCNCC2)cc(S(=O)n2cc(C(F)F)c3cc(Br)ccc32)c2ccccc12. The molecule has 0 saturated carbocycles. The number of rotatable bonds is 5. The number of aromatic nitrogens is 1. The predicted molar refractivity (Wildman–Crippen MR) is 132 cm³/mol. The van der Waals surface area contributed by atoms with Crippen molar-refractivity contribution in [2.45, 2.75) is 11.3 Å². The van der Waals surface area contributed by atoms with Gasteiger partial charge in [-0.25, -0.2) is 13.0 Å². The van der Waals surface area contributed by atoms with Gasteiger partial charge in [0.15, 0.2) is 11.0 Å². The van der Waals surface area contributed by atoms with Gasteiger partial charge in [0.2, 0.25) is 0 Å². The highest BCUT2D eigenvalue weighted by Gasteiger charge is 2.25. The number of hydrogen-bond acceptors (Lipinski definition) is 4. The van der Waals surface area contributed by atoms with Crippen molar-refractivity contribution in [2.75, 3.05) is 38.2 Å². The van der Waals surface area contributed by atoms with E-state index in [1.165, 1.54) is 10.2 Å². The number of nitrogens with zero attached hydrogens (tertiary/aromatic N) is 2. The second-order valence-corrected chi connectivity index (χ2v) is 10.1. The summed E-state index contributed by atoms with van der Waals surface area (Å²) < 4.78 is 49.5. The average Bonchev–Trinajstić information content (AvgIpc) is 3.22. The minimum Gasteiger partial charge on any atom is -0.494 e. The molecule has 0 aliphatic carbocycles. The first kappa shape index (κ1) is 22.3. The summed E-state index contributed by atoms with van der Waals surface area (Å²) in [6.45, 7) is 3.25. The van der Waals surface area contributed by atoms with Crippen LogP contribution in [0, 0.1) is 0 Å². The molecule has 0 spiro atoms. The van der Waals surface area contributed by atoms with Gasteiger partial charge in [-0.05, 0) is 24.3 Å². The number of methoxy groups -OCH3 is 1. The Hall–Kier alpha value is -2.49. The first-order valence-electron chi connectivity index (χ1n) is 10.6. The third kappa shape index (κ3) is 3.92. The summed E-state index contributed by atoms with van der Waals surface area (Å²) in [5.41, 5.74) is 1.21. The molecular weight excluding hydrogens is 512 g/mol. The van der Waals surface area contributed by atoms with Crippen LogP contribution < -0.4 is 15.0 Å². The van der Waals surface area contributed by atoms with E-state index < -0.39 is 17.4 Å². The molecule has 1 fully saturated rings. The molecule has 0 bridgehead atoms. The molecule has 1 atom stereocenters. The van der Waals surface area contributed by atoms with Crippen LogP contribution in [0.5, 0.6) is 5.75 Å². The molecule has 3 aromatic carbocycles. The van der Waals surface area contributed by atoms with Gasteiger partial charge >= 0.3 is 0 Å². The summed E-state index contributed by atoms with van der Waals surface area (Å²) in [4.78, 5) is 2.76. The summed E-state index contributed by atoms with van der Waals surface area (Å²) >= 11 is 3.35. The van der Waals surface area contributed by atoms with Crippen LogP contribution in [0.1, 0.15) is 12.0 Å². The maximum Gasteiger partial charge on any atom is 0.265 e. The van der Waals surface area contributed by atoms with Crippen LogP contribution in [0.25, 0.3) is 21.7 Å². The van der Waals surface area contributed by atoms with Gasteiger partial charge in [-0.3, -0.25) is 3.97 Å². The van der Waals surface area contributed by atoms with Crippen LogP contribution in [-0.4, -0.2) is 41.5 Å². The fourth-order valence-electron chi connectivity index (χ4n) is 4.42. The number of anilines is 1. The number of ether oxygens (including phenoxy) is 1. The molecule has 1 unspecified atom stereocenters. The zero-order valence-electron chi connectivity index (χ0n) is 17.9. The highest BCUT2D eigenvalue weighted by atomic mass is 79.9. The highest BCUT2D eigenvalue weighted by molar-refractivity contribution is 9.10. The van der Waals surface area contributed by atoms with Gasteiger partial charge in [-0.15, -0.1) is 0 Å². The first-order chi connectivity index (χ1) is 16.0. The van der Waals surface area contributed by atoms with Crippen molar-refractivity contribution in [1.29, 1.82) is 0 Å². The van der Waals surface area contributed by atoms with Crippen LogP contribution in [0.4, 0.5) is 14.5 Å². The first-order valence-corrected chi connectivity index (χ1v) is 12.5.